The number of hydrogen-bond acceptors (Lipinski definition) is 3. The summed E-state index contributed by atoms with van der Waals surface area (Å²) in [4.78, 5) is 13.1. The molecule has 0 radical (unpaired) electrons. The van der Waals surface area contributed by atoms with Crippen LogP contribution >= 0.6 is 0 Å². The maximum atomic E-state index is 11.1. The first-order valence-corrected chi connectivity index (χ1v) is 5.74. The molecule has 4 nitrogen and oxygen atoms in total. The molecule has 0 saturated carbocycles. The molecule has 1 aromatic carbocycles. The Morgan fingerprint density at radius 3 is 2.53 bits per heavy atom. The first kappa shape index (κ1) is 13.7. The number of likely N-dealkylation sites (N-methyl/N-ethyl adjacent to an activating group) is 1. The van der Waals surface area contributed by atoms with Crippen LogP contribution < -0.4 is 5.32 Å². The second-order valence-corrected chi connectivity index (χ2v) is 4.34. The molecule has 0 bridgehead atoms. The smallest absolute Gasteiger partial charge is 0.321 e. The number of benzene rings is 1. The summed E-state index contributed by atoms with van der Waals surface area (Å²) in [5, 5.41) is 12.2. The Balaban J connectivity index is 2.47. The predicted molar refractivity (Wildman–Crippen MR) is 68.1 cm³/mol. The van der Waals surface area contributed by atoms with E-state index in [0.717, 1.165) is 12.1 Å². The number of hydrogen-bond donors (Lipinski definition) is 2. The molecule has 1 rings (SSSR count). The topological polar surface area (TPSA) is 52.6 Å². The van der Waals surface area contributed by atoms with Crippen molar-refractivity contribution in [1.29, 1.82) is 0 Å². The first-order chi connectivity index (χ1) is 8.09. The summed E-state index contributed by atoms with van der Waals surface area (Å²) in [6, 6.07) is 9.16. The van der Waals surface area contributed by atoms with Crippen molar-refractivity contribution in [2.45, 2.75) is 12.5 Å². The molecule has 0 fully saturated rings. The highest BCUT2D eigenvalue weighted by Gasteiger charge is 2.16. The molecule has 0 aliphatic heterocycles. The maximum Gasteiger partial charge on any atom is 0.321 e. The zero-order chi connectivity index (χ0) is 12.7. The summed E-state index contributed by atoms with van der Waals surface area (Å²) in [5.41, 5.74) is 1.04. The van der Waals surface area contributed by atoms with Gasteiger partial charge >= 0.3 is 5.97 Å². The van der Waals surface area contributed by atoms with E-state index in [4.69, 9.17) is 5.11 Å². The summed E-state index contributed by atoms with van der Waals surface area (Å²) in [7, 11) is 3.93. The van der Waals surface area contributed by atoms with Crippen LogP contribution in [0.15, 0.2) is 30.3 Å². The Labute approximate surface area is 102 Å². The molecular formula is C13H20N2O2. The molecule has 0 heterocycles. The van der Waals surface area contributed by atoms with E-state index < -0.39 is 12.0 Å². The lowest BCUT2D eigenvalue weighted by Crippen LogP contribution is -2.41. The Bertz CT molecular complexity index is 339. The highest BCUT2D eigenvalue weighted by atomic mass is 16.4. The molecule has 0 aliphatic carbocycles. The van der Waals surface area contributed by atoms with Crippen LogP contribution in [0.1, 0.15) is 5.56 Å². The highest BCUT2D eigenvalue weighted by Crippen LogP contribution is 2.03. The van der Waals surface area contributed by atoms with Crippen LogP contribution in [0, 0.1) is 0 Å². The molecule has 2 N–H and O–H groups in total. The SMILES string of the molecule is CN(C)CCNC(Cc1ccccc1)C(=O)O. The van der Waals surface area contributed by atoms with Gasteiger partial charge in [0.15, 0.2) is 0 Å². The second-order valence-electron chi connectivity index (χ2n) is 4.34. The van der Waals surface area contributed by atoms with Gasteiger partial charge in [-0.1, -0.05) is 30.3 Å². The van der Waals surface area contributed by atoms with Gasteiger partial charge in [0.25, 0.3) is 0 Å². The van der Waals surface area contributed by atoms with Gasteiger partial charge in [0, 0.05) is 13.1 Å². The number of aliphatic carboxylic acids is 1. The van der Waals surface area contributed by atoms with Gasteiger partial charge in [-0.15, -0.1) is 0 Å². The van der Waals surface area contributed by atoms with Crippen LogP contribution in [0.25, 0.3) is 0 Å². The van der Waals surface area contributed by atoms with Crippen molar-refractivity contribution in [3.05, 3.63) is 35.9 Å². The number of carbonyl (C=O) groups is 1. The molecule has 17 heavy (non-hydrogen) atoms. The van der Waals surface area contributed by atoms with Crippen LogP contribution in [0.3, 0.4) is 0 Å². The first-order valence-electron chi connectivity index (χ1n) is 5.74. The zero-order valence-corrected chi connectivity index (χ0v) is 10.4. The molecule has 0 saturated heterocycles. The predicted octanol–water partition coefficient (Wildman–Crippen LogP) is 0.833. The minimum Gasteiger partial charge on any atom is -0.480 e. The zero-order valence-electron chi connectivity index (χ0n) is 10.4. The third-order valence-electron chi connectivity index (χ3n) is 2.53. The Morgan fingerprint density at radius 2 is 2.00 bits per heavy atom. The van der Waals surface area contributed by atoms with E-state index in [9.17, 15) is 4.79 Å². The summed E-state index contributed by atoms with van der Waals surface area (Å²) < 4.78 is 0. The van der Waals surface area contributed by atoms with E-state index in [-0.39, 0.29) is 0 Å². The van der Waals surface area contributed by atoms with Gasteiger partial charge < -0.3 is 15.3 Å². The normalized spacial score (nSPS) is 12.6. The number of nitrogens with one attached hydrogen (secondary N) is 1. The number of carboxylic acids is 1. The van der Waals surface area contributed by atoms with E-state index in [2.05, 4.69) is 5.32 Å². The average Bonchev–Trinajstić information content (AvgIpc) is 2.28. The largest absolute Gasteiger partial charge is 0.480 e. The van der Waals surface area contributed by atoms with Crippen LogP contribution in [-0.4, -0.2) is 49.2 Å². The van der Waals surface area contributed by atoms with E-state index in [1.165, 1.54) is 0 Å². The van der Waals surface area contributed by atoms with Crippen molar-refractivity contribution < 1.29 is 9.90 Å². The Morgan fingerprint density at radius 1 is 1.35 bits per heavy atom. The van der Waals surface area contributed by atoms with Crippen LogP contribution in [0.4, 0.5) is 0 Å². The van der Waals surface area contributed by atoms with Gasteiger partial charge in [-0.3, -0.25) is 4.79 Å². The highest BCUT2D eigenvalue weighted by molar-refractivity contribution is 5.73. The third-order valence-corrected chi connectivity index (χ3v) is 2.53. The number of carboxylic acid groups (broad SMARTS) is 1. The van der Waals surface area contributed by atoms with Crippen LogP contribution in [-0.2, 0) is 11.2 Å². The Kier molecular flexibility index (Phi) is 5.66. The monoisotopic (exact) mass is 236 g/mol. The molecule has 94 valence electrons. The molecule has 0 amide bonds. The molecule has 4 heteroatoms. The van der Waals surface area contributed by atoms with Crippen molar-refractivity contribution in [2.75, 3.05) is 27.2 Å². The fourth-order valence-electron chi connectivity index (χ4n) is 1.56. The van der Waals surface area contributed by atoms with Crippen molar-refractivity contribution in [1.82, 2.24) is 10.2 Å². The van der Waals surface area contributed by atoms with E-state index in [0.29, 0.717) is 13.0 Å². The van der Waals surface area contributed by atoms with Gasteiger partial charge in [0.2, 0.25) is 0 Å². The summed E-state index contributed by atoms with van der Waals surface area (Å²) in [5.74, 6) is -0.799. The van der Waals surface area contributed by atoms with E-state index in [1.807, 2.05) is 49.3 Å². The van der Waals surface area contributed by atoms with E-state index >= 15 is 0 Å². The van der Waals surface area contributed by atoms with E-state index in [1.54, 1.807) is 0 Å². The van der Waals surface area contributed by atoms with Crippen molar-refractivity contribution >= 4 is 5.97 Å². The van der Waals surface area contributed by atoms with Gasteiger partial charge in [-0.2, -0.15) is 0 Å². The fraction of sp³-hybridized carbons (Fsp3) is 0.462. The fourth-order valence-corrected chi connectivity index (χ4v) is 1.56. The van der Waals surface area contributed by atoms with Crippen molar-refractivity contribution in [3.63, 3.8) is 0 Å². The molecular weight excluding hydrogens is 216 g/mol. The second kappa shape index (κ2) is 7.04. The number of rotatable bonds is 7. The van der Waals surface area contributed by atoms with Crippen LogP contribution in [0.5, 0.6) is 0 Å². The molecule has 1 aromatic rings. The lowest BCUT2D eigenvalue weighted by molar-refractivity contribution is -0.139. The molecule has 1 unspecified atom stereocenters. The van der Waals surface area contributed by atoms with Gasteiger partial charge in [0.1, 0.15) is 6.04 Å². The quantitative estimate of drug-likeness (QED) is 0.736. The Hall–Kier alpha value is -1.39. The van der Waals surface area contributed by atoms with Crippen molar-refractivity contribution in [2.24, 2.45) is 0 Å². The molecule has 0 aliphatic rings. The maximum absolute atomic E-state index is 11.1. The standard InChI is InChI=1S/C13H20N2O2/c1-15(2)9-8-14-12(13(16)17)10-11-6-4-3-5-7-11/h3-7,12,14H,8-10H2,1-2H3,(H,16,17). The summed E-state index contributed by atoms with van der Waals surface area (Å²) in [6.45, 7) is 1.51. The number of nitrogens with zero attached hydrogens (tertiary/aromatic N) is 1. The third kappa shape index (κ3) is 5.47. The summed E-state index contributed by atoms with van der Waals surface area (Å²) in [6.07, 6.45) is 0.517. The lowest BCUT2D eigenvalue weighted by Gasteiger charge is -2.16. The van der Waals surface area contributed by atoms with Gasteiger partial charge in [0.05, 0.1) is 0 Å². The lowest BCUT2D eigenvalue weighted by atomic mass is 10.1. The molecule has 0 aromatic heterocycles. The average molecular weight is 236 g/mol. The molecule has 0 spiro atoms. The molecule has 1 atom stereocenters. The van der Waals surface area contributed by atoms with Gasteiger partial charge in [-0.05, 0) is 26.1 Å². The summed E-state index contributed by atoms with van der Waals surface area (Å²) >= 11 is 0. The minimum absolute atomic E-state index is 0.516. The van der Waals surface area contributed by atoms with Crippen molar-refractivity contribution in [3.8, 4) is 0 Å². The van der Waals surface area contributed by atoms with Crippen LogP contribution in [0.2, 0.25) is 0 Å². The minimum atomic E-state index is -0.799. The van der Waals surface area contributed by atoms with Gasteiger partial charge in [-0.25, -0.2) is 0 Å².